The Balaban J connectivity index is 2.06. The first-order valence-electron chi connectivity index (χ1n) is 6.13. The fourth-order valence-electron chi connectivity index (χ4n) is 2.57. The summed E-state index contributed by atoms with van der Waals surface area (Å²) >= 11 is 3.48. The zero-order valence-corrected chi connectivity index (χ0v) is 11.5. The Bertz CT molecular complexity index is 587. The summed E-state index contributed by atoms with van der Waals surface area (Å²) in [6.07, 6.45) is 6.05. The Morgan fingerprint density at radius 1 is 1.61 bits per heavy atom. The van der Waals surface area contributed by atoms with Crippen molar-refractivity contribution in [2.75, 3.05) is 6.54 Å². The largest absolute Gasteiger partial charge is 0.314 e. The van der Waals surface area contributed by atoms with Gasteiger partial charge in [0.2, 0.25) is 0 Å². The standard InChI is InChI=1S/C13H14BrN3O/c14-10-4-2-6-17-12(7-9-3-1-5-15-9)16-11(8-18)13(10)17/h2,4,6,8-9,15H,1,3,5,7H2. The summed E-state index contributed by atoms with van der Waals surface area (Å²) in [5.74, 6) is 0.952. The van der Waals surface area contributed by atoms with Gasteiger partial charge in [0.15, 0.2) is 6.29 Å². The van der Waals surface area contributed by atoms with Gasteiger partial charge in [0, 0.05) is 23.1 Å². The van der Waals surface area contributed by atoms with Gasteiger partial charge in [0.1, 0.15) is 11.5 Å². The van der Waals surface area contributed by atoms with E-state index in [4.69, 9.17) is 0 Å². The summed E-state index contributed by atoms with van der Waals surface area (Å²) in [5, 5.41) is 3.46. The van der Waals surface area contributed by atoms with Gasteiger partial charge in [-0.3, -0.25) is 4.79 Å². The SMILES string of the molecule is O=Cc1nc(CC2CCCN2)n2cccc(Br)c12. The van der Waals surface area contributed by atoms with Crippen LogP contribution in [0.15, 0.2) is 22.8 Å². The number of rotatable bonds is 3. The smallest absolute Gasteiger partial charge is 0.170 e. The summed E-state index contributed by atoms with van der Waals surface area (Å²) in [7, 11) is 0. The third-order valence-corrected chi connectivity index (χ3v) is 4.06. The van der Waals surface area contributed by atoms with Crippen LogP contribution in [0.5, 0.6) is 0 Å². The lowest BCUT2D eigenvalue weighted by Crippen LogP contribution is -2.24. The monoisotopic (exact) mass is 307 g/mol. The highest BCUT2D eigenvalue weighted by molar-refractivity contribution is 9.10. The van der Waals surface area contributed by atoms with Gasteiger partial charge in [0.25, 0.3) is 0 Å². The van der Waals surface area contributed by atoms with Crippen LogP contribution in [0, 0.1) is 0 Å². The predicted octanol–water partition coefficient (Wildman–Crippen LogP) is 2.20. The molecule has 94 valence electrons. The van der Waals surface area contributed by atoms with Crippen LogP contribution in [0.3, 0.4) is 0 Å². The van der Waals surface area contributed by atoms with Crippen molar-refractivity contribution in [1.29, 1.82) is 0 Å². The molecule has 18 heavy (non-hydrogen) atoms. The minimum Gasteiger partial charge on any atom is -0.314 e. The minimum atomic E-state index is 0.481. The molecule has 0 amide bonds. The molecule has 1 N–H and O–H groups in total. The van der Waals surface area contributed by atoms with Crippen molar-refractivity contribution >= 4 is 27.7 Å². The van der Waals surface area contributed by atoms with E-state index in [-0.39, 0.29) is 0 Å². The van der Waals surface area contributed by atoms with Crippen LogP contribution in [0.4, 0.5) is 0 Å². The third kappa shape index (κ3) is 1.97. The summed E-state index contributed by atoms with van der Waals surface area (Å²) < 4.78 is 2.92. The predicted molar refractivity (Wildman–Crippen MR) is 73.0 cm³/mol. The molecule has 0 aliphatic carbocycles. The molecule has 0 bridgehead atoms. The molecule has 5 heteroatoms. The zero-order chi connectivity index (χ0) is 12.5. The van der Waals surface area contributed by atoms with E-state index in [1.807, 2.05) is 22.7 Å². The van der Waals surface area contributed by atoms with E-state index in [9.17, 15) is 4.79 Å². The van der Waals surface area contributed by atoms with Crippen LogP contribution in [0.1, 0.15) is 29.2 Å². The molecule has 0 radical (unpaired) electrons. The Kier molecular flexibility index (Phi) is 3.18. The summed E-state index contributed by atoms with van der Waals surface area (Å²) in [5.41, 5.74) is 1.37. The Morgan fingerprint density at radius 3 is 3.22 bits per heavy atom. The molecule has 0 saturated carbocycles. The van der Waals surface area contributed by atoms with Gasteiger partial charge >= 0.3 is 0 Å². The first-order valence-corrected chi connectivity index (χ1v) is 6.93. The fraction of sp³-hybridized carbons (Fsp3) is 0.385. The summed E-state index contributed by atoms with van der Waals surface area (Å²) in [6, 6.07) is 4.37. The van der Waals surface area contributed by atoms with Crippen molar-refractivity contribution in [3.8, 4) is 0 Å². The van der Waals surface area contributed by atoms with Crippen LogP contribution in [-0.2, 0) is 6.42 Å². The highest BCUT2D eigenvalue weighted by Gasteiger charge is 2.19. The molecule has 0 aromatic carbocycles. The lowest BCUT2D eigenvalue weighted by atomic mass is 10.1. The number of pyridine rings is 1. The van der Waals surface area contributed by atoms with Crippen molar-refractivity contribution in [1.82, 2.24) is 14.7 Å². The molecule has 3 rings (SSSR count). The molecule has 1 saturated heterocycles. The molecule has 1 fully saturated rings. The number of hydrogen-bond donors (Lipinski definition) is 1. The number of carbonyl (C=O) groups excluding carboxylic acids is 1. The van der Waals surface area contributed by atoms with Crippen molar-refractivity contribution < 1.29 is 4.79 Å². The van der Waals surface area contributed by atoms with Crippen LogP contribution in [0.2, 0.25) is 0 Å². The second-order valence-corrected chi connectivity index (χ2v) is 5.46. The van der Waals surface area contributed by atoms with E-state index < -0.39 is 0 Å². The Hall–Kier alpha value is -1.20. The quantitative estimate of drug-likeness (QED) is 0.884. The molecule has 1 aliphatic rings. The van der Waals surface area contributed by atoms with E-state index in [0.717, 1.165) is 35.1 Å². The molecule has 1 unspecified atom stereocenters. The van der Waals surface area contributed by atoms with Gasteiger partial charge in [-0.2, -0.15) is 0 Å². The van der Waals surface area contributed by atoms with E-state index >= 15 is 0 Å². The van der Waals surface area contributed by atoms with Gasteiger partial charge < -0.3 is 9.72 Å². The number of aldehydes is 1. The maximum absolute atomic E-state index is 11.1. The van der Waals surface area contributed by atoms with Gasteiger partial charge in [-0.05, 0) is 47.4 Å². The molecule has 3 heterocycles. The summed E-state index contributed by atoms with van der Waals surface area (Å²) in [6.45, 7) is 1.08. The van der Waals surface area contributed by atoms with Crippen LogP contribution in [-0.4, -0.2) is 28.3 Å². The van der Waals surface area contributed by atoms with Gasteiger partial charge in [-0.15, -0.1) is 0 Å². The molecule has 4 nitrogen and oxygen atoms in total. The minimum absolute atomic E-state index is 0.481. The van der Waals surface area contributed by atoms with Crippen molar-refractivity contribution in [2.45, 2.75) is 25.3 Å². The van der Waals surface area contributed by atoms with Gasteiger partial charge in [-0.1, -0.05) is 0 Å². The lowest BCUT2D eigenvalue weighted by molar-refractivity contribution is 0.112. The second kappa shape index (κ2) is 4.82. The topological polar surface area (TPSA) is 46.4 Å². The number of fused-ring (bicyclic) bond motifs is 1. The normalized spacial score (nSPS) is 19.5. The molecule has 2 aromatic rings. The highest BCUT2D eigenvalue weighted by Crippen LogP contribution is 2.23. The van der Waals surface area contributed by atoms with Crippen LogP contribution < -0.4 is 5.32 Å². The van der Waals surface area contributed by atoms with E-state index in [1.165, 1.54) is 12.8 Å². The Morgan fingerprint density at radius 2 is 2.50 bits per heavy atom. The van der Waals surface area contributed by atoms with Gasteiger partial charge in [-0.25, -0.2) is 4.98 Å². The number of nitrogens with zero attached hydrogens (tertiary/aromatic N) is 2. The maximum Gasteiger partial charge on any atom is 0.170 e. The third-order valence-electron chi connectivity index (χ3n) is 3.42. The zero-order valence-electron chi connectivity index (χ0n) is 9.90. The van der Waals surface area contributed by atoms with E-state index in [0.29, 0.717) is 11.7 Å². The average molecular weight is 308 g/mol. The molecular formula is C13H14BrN3O. The van der Waals surface area contributed by atoms with E-state index in [2.05, 4.69) is 26.2 Å². The summed E-state index contributed by atoms with van der Waals surface area (Å²) in [4.78, 5) is 15.6. The number of imidazole rings is 1. The molecule has 1 atom stereocenters. The number of nitrogens with one attached hydrogen (secondary N) is 1. The van der Waals surface area contributed by atoms with Crippen molar-refractivity contribution in [3.05, 3.63) is 34.3 Å². The average Bonchev–Trinajstić information content (AvgIpc) is 2.99. The first-order chi connectivity index (χ1) is 8.79. The van der Waals surface area contributed by atoms with Crippen molar-refractivity contribution in [2.24, 2.45) is 0 Å². The number of hydrogen-bond acceptors (Lipinski definition) is 3. The number of aromatic nitrogens is 2. The second-order valence-electron chi connectivity index (χ2n) is 4.60. The lowest BCUT2D eigenvalue weighted by Gasteiger charge is -2.08. The Labute approximate surface area is 114 Å². The van der Waals surface area contributed by atoms with Crippen molar-refractivity contribution in [3.63, 3.8) is 0 Å². The maximum atomic E-state index is 11.1. The molecule has 1 aliphatic heterocycles. The highest BCUT2D eigenvalue weighted by atomic mass is 79.9. The van der Waals surface area contributed by atoms with Crippen LogP contribution in [0.25, 0.3) is 5.52 Å². The van der Waals surface area contributed by atoms with Crippen LogP contribution >= 0.6 is 15.9 Å². The molecule has 2 aromatic heterocycles. The molecule has 0 spiro atoms. The molecular weight excluding hydrogens is 294 g/mol. The first kappa shape index (κ1) is 11.9. The van der Waals surface area contributed by atoms with Gasteiger partial charge in [0.05, 0.1) is 5.52 Å². The number of carbonyl (C=O) groups is 1. The van der Waals surface area contributed by atoms with E-state index in [1.54, 1.807) is 0 Å². The number of halogens is 1. The fourth-order valence-corrected chi connectivity index (χ4v) is 3.11.